The van der Waals surface area contributed by atoms with E-state index >= 15 is 0 Å². The summed E-state index contributed by atoms with van der Waals surface area (Å²) >= 11 is 0. The normalized spacial score (nSPS) is 17.2. The first-order chi connectivity index (χ1) is 13.9. The van der Waals surface area contributed by atoms with Crippen LogP contribution >= 0.6 is 0 Å². The van der Waals surface area contributed by atoms with Gasteiger partial charge in [-0.2, -0.15) is 5.10 Å². The van der Waals surface area contributed by atoms with Crippen molar-refractivity contribution in [2.45, 2.75) is 38.1 Å². The largest absolute Gasteiger partial charge is 0.486 e. The number of benzene rings is 1. The molecular formula is C21H25N3O5. The number of carbonyl (C=O) groups is 2. The molecule has 0 bridgehead atoms. The molecule has 2 aromatic rings. The van der Waals surface area contributed by atoms with Crippen LogP contribution < -0.4 is 9.47 Å². The smallest absolute Gasteiger partial charge is 0.338 e. The van der Waals surface area contributed by atoms with Crippen LogP contribution in [0.5, 0.6) is 11.5 Å². The first-order valence-electron chi connectivity index (χ1n) is 9.83. The van der Waals surface area contributed by atoms with Gasteiger partial charge < -0.3 is 19.5 Å². The number of aromatic carboxylic acids is 1. The standard InChI is InChI=1S/C21H25N3O5/c1-21(2,15-3-4-17-18(11-15)29-10-9-28-17)20(27)23-7-5-16(6-8-23)24-13-14(12-22-24)19(25)26/h3-4,11-13,16H,5-10H2,1-2H3,(H,25,26). The van der Waals surface area contributed by atoms with Crippen molar-refractivity contribution in [1.29, 1.82) is 0 Å². The number of hydrogen-bond acceptors (Lipinski definition) is 5. The number of carboxylic acid groups (broad SMARTS) is 1. The molecule has 0 aliphatic carbocycles. The number of piperidine rings is 1. The van der Waals surface area contributed by atoms with Gasteiger partial charge in [0.25, 0.3) is 0 Å². The summed E-state index contributed by atoms with van der Waals surface area (Å²) in [7, 11) is 0. The predicted octanol–water partition coefficient (Wildman–Crippen LogP) is 2.49. The lowest BCUT2D eigenvalue weighted by Gasteiger charge is -2.37. The molecule has 1 saturated heterocycles. The number of carboxylic acids is 1. The number of hydrogen-bond donors (Lipinski definition) is 1. The molecule has 0 unspecified atom stereocenters. The van der Waals surface area contributed by atoms with Gasteiger partial charge in [-0.15, -0.1) is 0 Å². The van der Waals surface area contributed by atoms with Gasteiger partial charge in [-0.05, 0) is 44.4 Å². The van der Waals surface area contributed by atoms with E-state index in [9.17, 15) is 9.59 Å². The molecule has 1 fully saturated rings. The lowest BCUT2D eigenvalue weighted by atomic mass is 9.82. The molecule has 0 spiro atoms. The Bertz CT molecular complexity index is 928. The highest BCUT2D eigenvalue weighted by Gasteiger charge is 2.36. The number of aromatic nitrogens is 2. The van der Waals surface area contributed by atoms with Crippen LogP contribution in [0.15, 0.2) is 30.6 Å². The number of fused-ring (bicyclic) bond motifs is 1. The molecule has 8 nitrogen and oxygen atoms in total. The van der Waals surface area contributed by atoms with Crippen LogP contribution in [0.25, 0.3) is 0 Å². The van der Waals surface area contributed by atoms with E-state index in [4.69, 9.17) is 14.6 Å². The molecular weight excluding hydrogens is 374 g/mol. The number of ether oxygens (including phenoxy) is 2. The van der Waals surface area contributed by atoms with Crippen LogP contribution in [0.3, 0.4) is 0 Å². The van der Waals surface area contributed by atoms with Crippen molar-refractivity contribution in [2.75, 3.05) is 26.3 Å². The van der Waals surface area contributed by atoms with Crippen LogP contribution in [0.1, 0.15) is 48.7 Å². The second kappa shape index (κ2) is 7.42. The van der Waals surface area contributed by atoms with E-state index in [-0.39, 0.29) is 17.5 Å². The number of amides is 1. The van der Waals surface area contributed by atoms with Crippen molar-refractivity contribution in [3.8, 4) is 11.5 Å². The third-order valence-corrected chi connectivity index (χ3v) is 5.77. The Hall–Kier alpha value is -3.03. The van der Waals surface area contributed by atoms with E-state index in [0.717, 1.165) is 18.4 Å². The number of carbonyl (C=O) groups excluding carboxylic acids is 1. The zero-order chi connectivity index (χ0) is 20.6. The molecule has 2 aliphatic heterocycles. The van der Waals surface area contributed by atoms with Crippen molar-refractivity contribution in [3.05, 3.63) is 41.7 Å². The van der Waals surface area contributed by atoms with E-state index in [1.165, 1.54) is 6.20 Å². The van der Waals surface area contributed by atoms with Gasteiger partial charge in [0, 0.05) is 19.3 Å². The lowest BCUT2D eigenvalue weighted by molar-refractivity contribution is -0.137. The molecule has 29 heavy (non-hydrogen) atoms. The van der Waals surface area contributed by atoms with Gasteiger partial charge in [-0.3, -0.25) is 9.48 Å². The third-order valence-electron chi connectivity index (χ3n) is 5.77. The molecule has 0 saturated carbocycles. The Morgan fingerprint density at radius 2 is 1.83 bits per heavy atom. The fourth-order valence-electron chi connectivity index (χ4n) is 3.93. The van der Waals surface area contributed by atoms with Crippen LogP contribution in [-0.2, 0) is 10.2 Å². The van der Waals surface area contributed by atoms with Gasteiger partial charge in [0.15, 0.2) is 11.5 Å². The molecule has 0 radical (unpaired) electrons. The van der Waals surface area contributed by atoms with E-state index in [2.05, 4.69) is 5.10 Å². The summed E-state index contributed by atoms with van der Waals surface area (Å²) in [5.74, 6) is 0.481. The quantitative estimate of drug-likeness (QED) is 0.849. The van der Waals surface area contributed by atoms with Crippen molar-refractivity contribution < 1.29 is 24.2 Å². The van der Waals surface area contributed by atoms with Gasteiger partial charge >= 0.3 is 5.97 Å². The maximum absolute atomic E-state index is 13.3. The average molecular weight is 399 g/mol. The molecule has 8 heteroatoms. The molecule has 1 N–H and O–H groups in total. The zero-order valence-electron chi connectivity index (χ0n) is 16.6. The minimum absolute atomic E-state index is 0.0688. The van der Waals surface area contributed by atoms with Crippen molar-refractivity contribution in [3.63, 3.8) is 0 Å². The number of likely N-dealkylation sites (tertiary alicyclic amines) is 1. The van der Waals surface area contributed by atoms with Gasteiger partial charge in [0.2, 0.25) is 5.91 Å². The highest BCUT2D eigenvalue weighted by Crippen LogP contribution is 2.36. The molecule has 1 aromatic heterocycles. The summed E-state index contributed by atoms with van der Waals surface area (Å²) in [5, 5.41) is 13.2. The second-order valence-electron chi connectivity index (χ2n) is 8.02. The molecule has 0 atom stereocenters. The van der Waals surface area contributed by atoms with Gasteiger partial charge in [0.1, 0.15) is 13.2 Å². The van der Waals surface area contributed by atoms with E-state index in [0.29, 0.717) is 37.8 Å². The summed E-state index contributed by atoms with van der Waals surface area (Å²) in [6.07, 6.45) is 4.40. The highest BCUT2D eigenvalue weighted by atomic mass is 16.6. The Morgan fingerprint density at radius 3 is 2.48 bits per heavy atom. The van der Waals surface area contributed by atoms with Gasteiger partial charge in [0.05, 0.1) is 23.2 Å². The minimum atomic E-state index is -0.981. The second-order valence-corrected chi connectivity index (χ2v) is 8.02. The van der Waals surface area contributed by atoms with Crippen molar-refractivity contribution >= 4 is 11.9 Å². The average Bonchev–Trinajstić information content (AvgIpc) is 3.23. The molecule has 4 rings (SSSR count). The van der Waals surface area contributed by atoms with Crippen LogP contribution in [0.2, 0.25) is 0 Å². The van der Waals surface area contributed by atoms with E-state index in [1.807, 2.05) is 36.9 Å². The van der Waals surface area contributed by atoms with Crippen molar-refractivity contribution in [2.24, 2.45) is 0 Å². The monoisotopic (exact) mass is 399 g/mol. The van der Waals surface area contributed by atoms with Crippen LogP contribution in [0.4, 0.5) is 0 Å². The zero-order valence-corrected chi connectivity index (χ0v) is 16.6. The fraction of sp³-hybridized carbons (Fsp3) is 0.476. The summed E-state index contributed by atoms with van der Waals surface area (Å²) in [6.45, 7) is 6.13. The topological polar surface area (TPSA) is 93.9 Å². The molecule has 154 valence electrons. The minimum Gasteiger partial charge on any atom is -0.486 e. The lowest BCUT2D eigenvalue weighted by Crippen LogP contribution is -2.47. The first-order valence-corrected chi connectivity index (χ1v) is 9.83. The molecule has 1 amide bonds. The molecule has 3 heterocycles. The Labute approximate surface area is 169 Å². The maximum atomic E-state index is 13.3. The first kappa shape index (κ1) is 19.3. The third kappa shape index (κ3) is 3.66. The summed E-state index contributed by atoms with van der Waals surface area (Å²) < 4.78 is 12.9. The summed E-state index contributed by atoms with van der Waals surface area (Å²) in [5.41, 5.74) is 0.389. The maximum Gasteiger partial charge on any atom is 0.338 e. The fourth-order valence-corrected chi connectivity index (χ4v) is 3.93. The van der Waals surface area contributed by atoms with E-state index in [1.54, 1.807) is 10.9 Å². The summed E-state index contributed by atoms with van der Waals surface area (Å²) in [6, 6.07) is 5.79. The van der Waals surface area contributed by atoms with Gasteiger partial charge in [-0.25, -0.2) is 4.79 Å². The Balaban J connectivity index is 1.43. The number of nitrogens with zero attached hydrogens (tertiary/aromatic N) is 3. The van der Waals surface area contributed by atoms with Crippen LogP contribution in [0, 0.1) is 0 Å². The Kier molecular flexibility index (Phi) is 4.94. The molecule has 2 aliphatic rings. The molecule has 1 aromatic carbocycles. The Morgan fingerprint density at radius 1 is 1.14 bits per heavy atom. The number of rotatable bonds is 4. The SMILES string of the molecule is CC(C)(C(=O)N1CCC(n2cc(C(=O)O)cn2)CC1)c1ccc2c(c1)OCCO2. The van der Waals surface area contributed by atoms with Gasteiger partial charge in [-0.1, -0.05) is 6.07 Å². The summed E-state index contributed by atoms with van der Waals surface area (Å²) in [4.78, 5) is 26.2. The van der Waals surface area contributed by atoms with Crippen LogP contribution in [-0.4, -0.2) is 58.0 Å². The predicted molar refractivity (Wildman–Crippen MR) is 104 cm³/mol. The van der Waals surface area contributed by atoms with Crippen molar-refractivity contribution in [1.82, 2.24) is 14.7 Å². The highest BCUT2D eigenvalue weighted by molar-refractivity contribution is 5.88. The van der Waals surface area contributed by atoms with E-state index < -0.39 is 11.4 Å².